The number of sulfonamides is 1. The van der Waals surface area contributed by atoms with Crippen molar-refractivity contribution in [2.24, 2.45) is 16.8 Å². The molecule has 1 aromatic rings. The molecule has 0 aliphatic heterocycles. The van der Waals surface area contributed by atoms with E-state index in [2.05, 4.69) is 21.2 Å². The minimum atomic E-state index is -3.76. The van der Waals surface area contributed by atoms with Gasteiger partial charge in [0.1, 0.15) is 0 Å². The number of hydrogen-bond acceptors (Lipinski definition) is 4. The van der Waals surface area contributed by atoms with Gasteiger partial charge in [0.2, 0.25) is 15.9 Å². The number of nitrogens with one attached hydrogen (secondary N) is 1. The summed E-state index contributed by atoms with van der Waals surface area (Å²) < 4.78 is 23.0. The number of carbonyl (C=O) groups excluding carboxylic acids is 1. The first-order valence-electron chi connectivity index (χ1n) is 6.68. The number of primary sulfonamides is 1. The van der Waals surface area contributed by atoms with Gasteiger partial charge in [0.15, 0.2) is 0 Å². The lowest BCUT2D eigenvalue weighted by atomic mass is 9.84. The molecule has 2 rings (SSSR count). The maximum absolute atomic E-state index is 12.3. The van der Waals surface area contributed by atoms with E-state index >= 15 is 0 Å². The minimum absolute atomic E-state index is 0.0123. The van der Waals surface area contributed by atoms with Crippen molar-refractivity contribution in [1.29, 1.82) is 0 Å². The summed E-state index contributed by atoms with van der Waals surface area (Å²) in [6, 6.07) is 4.11. The summed E-state index contributed by atoms with van der Waals surface area (Å²) >= 11 is 3.24. The van der Waals surface area contributed by atoms with E-state index in [0.29, 0.717) is 10.2 Å². The van der Waals surface area contributed by atoms with Gasteiger partial charge in [-0.1, -0.05) is 12.8 Å². The number of rotatable bonds is 3. The van der Waals surface area contributed by atoms with E-state index in [1.54, 1.807) is 0 Å². The standard InChI is InChI=1S/C13H18BrN3O3S/c14-10-7-8(21(16,19)20)5-6-12(10)17-13(18)9-3-1-2-4-11(9)15/h5-7,9,11H,1-4,15H2,(H,17,18)(H2,16,19,20). The van der Waals surface area contributed by atoms with Crippen LogP contribution < -0.4 is 16.2 Å². The molecule has 0 aromatic heterocycles. The number of anilines is 1. The molecule has 1 amide bonds. The molecule has 1 saturated carbocycles. The molecule has 0 saturated heterocycles. The van der Waals surface area contributed by atoms with Crippen LogP contribution in [0.15, 0.2) is 27.6 Å². The Balaban J connectivity index is 2.14. The molecule has 1 aliphatic carbocycles. The van der Waals surface area contributed by atoms with E-state index < -0.39 is 10.0 Å². The summed E-state index contributed by atoms with van der Waals surface area (Å²) in [5, 5.41) is 7.85. The van der Waals surface area contributed by atoms with Crippen LogP contribution in [0.1, 0.15) is 25.7 Å². The van der Waals surface area contributed by atoms with Crippen molar-refractivity contribution >= 4 is 37.5 Å². The smallest absolute Gasteiger partial charge is 0.238 e. The molecular formula is C13H18BrN3O3S. The van der Waals surface area contributed by atoms with Gasteiger partial charge in [0.25, 0.3) is 0 Å². The molecule has 1 fully saturated rings. The highest BCUT2D eigenvalue weighted by molar-refractivity contribution is 9.10. The molecule has 116 valence electrons. The Morgan fingerprint density at radius 3 is 2.52 bits per heavy atom. The van der Waals surface area contributed by atoms with E-state index in [0.717, 1.165) is 25.7 Å². The van der Waals surface area contributed by atoms with Gasteiger partial charge in [0, 0.05) is 10.5 Å². The Labute approximate surface area is 132 Å². The molecule has 8 heteroatoms. The van der Waals surface area contributed by atoms with Gasteiger partial charge in [-0.05, 0) is 47.0 Å². The van der Waals surface area contributed by atoms with Gasteiger partial charge >= 0.3 is 0 Å². The predicted octanol–water partition coefficient (Wildman–Crippen LogP) is 1.55. The number of benzene rings is 1. The number of amides is 1. The number of halogens is 1. The molecular weight excluding hydrogens is 358 g/mol. The second-order valence-electron chi connectivity index (χ2n) is 5.23. The average Bonchev–Trinajstić information content (AvgIpc) is 2.40. The van der Waals surface area contributed by atoms with E-state index in [1.165, 1.54) is 18.2 Å². The lowest BCUT2D eigenvalue weighted by Gasteiger charge is -2.27. The van der Waals surface area contributed by atoms with Gasteiger partial charge in [0.05, 0.1) is 16.5 Å². The normalized spacial score (nSPS) is 22.8. The van der Waals surface area contributed by atoms with Crippen LogP contribution in [0.5, 0.6) is 0 Å². The first-order valence-corrected chi connectivity index (χ1v) is 9.02. The lowest BCUT2D eigenvalue weighted by Crippen LogP contribution is -2.40. The van der Waals surface area contributed by atoms with E-state index in [-0.39, 0.29) is 22.8 Å². The Morgan fingerprint density at radius 1 is 1.29 bits per heavy atom. The van der Waals surface area contributed by atoms with E-state index in [4.69, 9.17) is 10.9 Å². The molecule has 2 unspecified atom stereocenters. The van der Waals surface area contributed by atoms with Crippen molar-refractivity contribution in [2.75, 3.05) is 5.32 Å². The zero-order valence-electron chi connectivity index (χ0n) is 11.4. The fourth-order valence-electron chi connectivity index (χ4n) is 2.48. The van der Waals surface area contributed by atoms with Crippen LogP contribution in [0.2, 0.25) is 0 Å². The minimum Gasteiger partial charge on any atom is -0.327 e. The van der Waals surface area contributed by atoms with Crippen molar-refractivity contribution in [3.05, 3.63) is 22.7 Å². The molecule has 5 N–H and O–H groups in total. The third-order valence-electron chi connectivity index (χ3n) is 3.68. The Hall–Kier alpha value is -0.960. The summed E-state index contributed by atoms with van der Waals surface area (Å²) in [4.78, 5) is 12.2. The summed E-state index contributed by atoms with van der Waals surface area (Å²) in [6.45, 7) is 0. The molecule has 21 heavy (non-hydrogen) atoms. The number of nitrogens with two attached hydrogens (primary N) is 2. The molecule has 0 radical (unpaired) electrons. The van der Waals surface area contributed by atoms with Gasteiger partial charge in [-0.2, -0.15) is 0 Å². The SMILES string of the molecule is NC1CCCCC1C(=O)Nc1ccc(S(N)(=O)=O)cc1Br. The van der Waals surface area contributed by atoms with Crippen LogP contribution in [0.3, 0.4) is 0 Å². The quantitative estimate of drug-likeness (QED) is 0.742. The Kier molecular flexibility index (Phi) is 5.03. The topological polar surface area (TPSA) is 115 Å². The van der Waals surface area contributed by atoms with E-state index in [9.17, 15) is 13.2 Å². The van der Waals surface area contributed by atoms with Crippen molar-refractivity contribution < 1.29 is 13.2 Å². The fraction of sp³-hybridized carbons (Fsp3) is 0.462. The van der Waals surface area contributed by atoms with Crippen LogP contribution in [-0.2, 0) is 14.8 Å². The monoisotopic (exact) mass is 375 g/mol. The molecule has 6 nitrogen and oxygen atoms in total. The van der Waals surface area contributed by atoms with E-state index in [1.807, 2.05) is 0 Å². The third-order valence-corrected chi connectivity index (χ3v) is 5.25. The summed E-state index contributed by atoms with van der Waals surface area (Å²) in [6.07, 6.45) is 3.68. The van der Waals surface area contributed by atoms with Crippen LogP contribution >= 0.6 is 15.9 Å². The van der Waals surface area contributed by atoms with Gasteiger partial charge in [-0.3, -0.25) is 4.79 Å². The number of carbonyl (C=O) groups is 1. The molecule has 0 spiro atoms. The third kappa shape index (κ3) is 4.03. The van der Waals surface area contributed by atoms with Crippen molar-refractivity contribution in [1.82, 2.24) is 0 Å². The maximum Gasteiger partial charge on any atom is 0.238 e. The van der Waals surface area contributed by atoms with Gasteiger partial charge in [-0.15, -0.1) is 0 Å². The Morgan fingerprint density at radius 2 is 1.95 bits per heavy atom. The Bertz CT molecular complexity index is 648. The highest BCUT2D eigenvalue weighted by atomic mass is 79.9. The van der Waals surface area contributed by atoms with Gasteiger partial charge < -0.3 is 11.1 Å². The van der Waals surface area contributed by atoms with Crippen LogP contribution in [-0.4, -0.2) is 20.4 Å². The highest BCUT2D eigenvalue weighted by Crippen LogP contribution is 2.28. The zero-order chi connectivity index (χ0) is 15.6. The molecule has 0 bridgehead atoms. The first-order chi connectivity index (χ1) is 9.79. The van der Waals surface area contributed by atoms with Crippen molar-refractivity contribution in [3.63, 3.8) is 0 Å². The fourth-order valence-corrected chi connectivity index (χ4v) is 3.65. The van der Waals surface area contributed by atoms with Crippen molar-refractivity contribution in [2.45, 2.75) is 36.6 Å². The lowest BCUT2D eigenvalue weighted by molar-refractivity contribution is -0.121. The summed E-state index contributed by atoms with van der Waals surface area (Å²) in [7, 11) is -3.76. The van der Waals surface area contributed by atoms with Crippen molar-refractivity contribution in [3.8, 4) is 0 Å². The van der Waals surface area contributed by atoms with Crippen LogP contribution in [0.4, 0.5) is 5.69 Å². The molecule has 0 heterocycles. The molecule has 1 aliphatic rings. The van der Waals surface area contributed by atoms with Crippen LogP contribution in [0.25, 0.3) is 0 Å². The average molecular weight is 376 g/mol. The van der Waals surface area contributed by atoms with Crippen LogP contribution in [0, 0.1) is 5.92 Å². The second-order valence-corrected chi connectivity index (χ2v) is 7.65. The zero-order valence-corrected chi connectivity index (χ0v) is 13.8. The molecule has 2 atom stereocenters. The second kappa shape index (κ2) is 6.43. The highest BCUT2D eigenvalue weighted by Gasteiger charge is 2.28. The largest absolute Gasteiger partial charge is 0.327 e. The number of hydrogen-bond donors (Lipinski definition) is 3. The predicted molar refractivity (Wildman–Crippen MR) is 84.1 cm³/mol. The summed E-state index contributed by atoms with van der Waals surface area (Å²) in [5.41, 5.74) is 6.49. The van der Waals surface area contributed by atoms with Gasteiger partial charge in [-0.25, -0.2) is 13.6 Å². The first kappa shape index (κ1) is 16.4. The summed E-state index contributed by atoms with van der Waals surface area (Å²) in [5.74, 6) is -0.338. The maximum atomic E-state index is 12.3. The molecule has 1 aromatic carbocycles.